The van der Waals surface area contributed by atoms with Crippen LogP contribution in [0.1, 0.15) is 18.9 Å². The van der Waals surface area contributed by atoms with Gasteiger partial charge in [-0.2, -0.15) is 5.26 Å². The van der Waals surface area contributed by atoms with Crippen LogP contribution in [0.5, 0.6) is 0 Å². The van der Waals surface area contributed by atoms with Gasteiger partial charge in [-0.15, -0.1) is 0 Å². The maximum Gasteiger partial charge on any atom is 0.409 e. The van der Waals surface area contributed by atoms with Gasteiger partial charge in [-0.05, 0) is 30.7 Å². The molecule has 0 spiro atoms. The number of carbonyl (C=O) groups is 2. The third-order valence-corrected chi connectivity index (χ3v) is 6.86. The molecule has 1 aromatic rings. The predicted molar refractivity (Wildman–Crippen MR) is 131 cm³/mol. The second-order valence-electron chi connectivity index (χ2n) is 9.48. The lowest BCUT2D eigenvalue weighted by molar-refractivity contribution is -0.133. The van der Waals surface area contributed by atoms with E-state index in [1.807, 2.05) is 29.2 Å². The van der Waals surface area contributed by atoms with E-state index in [0.717, 1.165) is 64.5 Å². The fourth-order valence-corrected chi connectivity index (χ4v) is 4.95. The minimum Gasteiger partial charge on any atom is -0.448 e. The molecule has 0 aliphatic carbocycles. The third-order valence-electron chi connectivity index (χ3n) is 6.86. The fraction of sp³-hybridized carbons (Fsp3) is 0.640. The van der Waals surface area contributed by atoms with E-state index >= 15 is 0 Å². The molecule has 2 atom stereocenters. The first-order valence-corrected chi connectivity index (χ1v) is 12.5. The highest BCUT2D eigenvalue weighted by atomic mass is 16.6. The summed E-state index contributed by atoms with van der Waals surface area (Å²) in [5, 5.41) is 12.3. The van der Waals surface area contributed by atoms with Crippen molar-refractivity contribution >= 4 is 17.7 Å². The van der Waals surface area contributed by atoms with Gasteiger partial charge in [0.2, 0.25) is 5.91 Å². The molecule has 2 bridgehead atoms. The van der Waals surface area contributed by atoms with E-state index in [2.05, 4.69) is 21.2 Å². The van der Waals surface area contributed by atoms with Gasteiger partial charge in [-0.1, -0.05) is 0 Å². The Hall–Kier alpha value is -2.87. The molecule has 3 aliphatic rings. The van der Waals surface area contributed by atoms with Gasteiger partial charge in [0.1, 0.15) is 6.61 Å². The number of anilines is 1. The highest BCUT2D eigenvalue weighted by Gasteiger charge is 2.37. The largest absolute Gasteiger partial charge is 0.448 e. The minimum absolute atomic E-state index is 0.0150. The molecular formula is C25H36N6O4. The second kappa shape index (κ2) is 12.2. The summed E-state index contributed by atoms with van der Waals surface area (Å²) < 4.78 is 11.6. The highest BCUT2D eigenvalue weighted by Crippen LogP contribution is 2.20. The fourth-order valence-electron chi connectivity index (χ4n) is 4.95. The predicted octanol–water partition coefficient (Wildman–Crippen LogP) is 1.05. The van der Waals surface area contributed by atoms with Gasteiger partial charge in [0, 0.05) is 71.5 Å². The molecule has 10 nitrogen and oxygen atoms in total. The zero-order valence-corrected chi connectivity index (χ0v) is 20.5. The van der Waals surface area contributed by atoms with E-state index in [9.17, 15) is 9.59 Å². The number of nitrogens with zero attached hydrogens (tertiary/aromatic N) is 5. The van der Waals surface area contributed by atoms with E-state index in [4.69, 9.17) is 14.7 Å². The molecular weight excluding hydrogens is 448 g/mol. The van der Waals surface area contributed by atoms with Crippen molar-refractivity contribution in [2.45, 2.75) is 25.6 Å². The van der Waals surface area contributed by atoms with Crippen LogP contribution in [0.25, 0.3) is 0 Å². The average molecular weight is 485 g/mol. The molecule has 10 heteroatoms. The molecule has 3 aliphatic heterocycles. The lowest BCUT2D eigenvalue weighted by Gasteiger charge is -2.45. The molecule has 1 aromatic carbocycles. The number of rotatable bonds is 8. The number of nitrogens with one attached hydrogen (secondary N) is 1. The Morgan fingerprint density at radius 2 is 1.69 bits per heavy atom. The Labute approximate surface area is 207 Å². The molecule has 2 amide bonds. The van der Waals surface area contributed by atoms with Crippen molar-refractivity contribution < 1.29 is 19.1 Å². The van der Waals surface area contributed by atoms with E-state index in [1.54, 1.807) is 11.8 Å². The van der Waals surface area contributed by atoms with Crippen LogP contribution in [0.2, 0.25) is 0 Å². The van der Waals surface area contributed by atoms with Gasteiger partial charge in [0.25, 0.3) is 0 Å². The quantitative estimate of drug-likeness (QED) is 0.547. The Kier molecular flexibility index (Phi) is 8.79. The zero-order valence-electron chi connectivity index (χ0n) is 20.5. The molecule has 0 saturated carbocycles. The minimum atomic E-state index is -0.259. The number of morpholine rings is 2. The van der Waals surface area contributed by atoms with Crippen LogP contribution in [-0.2, 0) is 14.3 Å². The molecule has 1 N–H and O–H groups in total. The molecule has 3 fully saturated rings. The Bertz CT molecular complexity index is 882. The molecule has 0 radical (unpaired) electrons. The van der Waals surface area contributed by atoms with Crippen molar-refractivity contribution in [3.63, 3.8) is 0 Å². The van der Waals surface area contributed by atoms with Crippen LogP contribution in [0.4, 0.5) is 10.5 Å². The van der Waals surface area contributed by atoms with Crippen molar-refractivity contribution in [1.29, 1.82) is 5.26 Å². The molecule has 2 unspecified atom stereocenters. The highest BCUT2D eigenvalue weighted by molar-refractivity contribution is 5.73. The molecule has 3 saturated heterocycles. The maximum atomic E-state index is 12.6. The van der Waals surface area contributed by atoms with Crippen molar-refractivity contribution in [2.75, 3.05) is 83.9 Å². The number of nitriles is 1. The first-order chi connectivity index (χ1) is 17.0. The third kappa shape index (κ3) is 7.31. The van der Waals surface area contributed by atoms with E-state index in [1.165, 1.54) is 0 Å². The van der Waals surface area contributed by atoms with Gasteiger partial charge in [0.05, 0.1) is 36.9 Å². The van der Waals surface area contributed by atoms with Gasteiger partial charge < -0.3 is 24.6 Å². The number of hydrogen-bond donors (Lipinski definition) is 1. The summed E-state index contributed by atoms with van der Waals surface area (Å²) in [5.41, 5.74) is 1.69. The number of ether oxygens (including phenoxy) is 2. The summed E-state index contributed by atoms with van der Waals surface area (Å²) >= 11 is 0. The Morgan fingerprint density at radius 3 is 2.31 bits per heavy atom. The smallest absolute Gasteiger partial charge is 0.409 e. The van der Waals surface area contributed by atoms with E-state index in [0.29, 0.717) is 31.8 Å². The Morgan fingerprint density at radius 1 is 1.00 bits per heavy atom. The van der Waals surface area contributed by atoms with Crippen molar-refractivity contribution in [2.24, 2.45) is 0 Å². The lowest BCUT2D eigenvalue weighted by Crippen LogP contribution is -2.60. The number of carbonyl (C=O) groups excluding carboxylic acids is 2. The Balaban J connectivity index is 1.10. The number of hydrogen-bond acceptors (Lipinski definition) is 8. The number of piperazine rings is 1. The SMILES string of the molecule is CC(=O)N1CCN(CCOC(=O)N2CC3CN(CCCNc4ccc(C#N)cc4)CC(C2)O3)CC1. The van der Waals surface area contributed by atoms with Crippen LogP contribution in [-0.4, -0.2) is 122 Å². The molecule has 190 valence electrons. The molecule has 35 heavy (non-hydrogen) atoms. The zero-order chi connectivity index (χ0) is 24.6. The number of amides is 2. The van der Waals surface area contributed by atoms with Crippen molar-refractivity contribution in [1.82, 2.24) is 19.6 Å². The monoisotopic (exact) mass is 484 g/mol. The normalized spacial score (nSPS) is 23.0. The molecule has 4 rings (SSSR count). The van der Waals surface area contributed by atoms with Crippen LogP contribution < -0.4 is 5.32 Å². The van der Waals surface area contributed by atoms with Gasteiger partial charge in [0.15, 0.2) is 0 Å². The van der Waals surface area contributed by atoms with Crippen molar-refractivity contribution in [3.05, 3.63) is 29.8 Å². The van der Waals surface area contributed by atoms with Crippen LogP contribution >= 0.6 is 0 Å². The summed E-state index contributed by atoms with van der Waals surface area (Å²) in [4.78, 5) is 32.3. The molecule has 0 aromatic heterocycles. The summed E-state index contributed by atoms with van der Waals surface area (Å²) in [6.07, 6.45) is 0.777. The summed E-state index contributed by atoms with van der Waals surface area (Å²) in [6.45, 7) is 10.4. The van der Waals surface area contributed by atoms with Crippen molar-refractivity contribution in [3.8, 4) is 6.07 Å². The van der Waals surface area contributed by atoms with Crippen LogP contribution in [0, 0.1) is 11.3 Å². The summed E-state index contributed by atoms with van der Waals surface area (Å²) in [7, 11) is 0. The van der Waals surface area contributed by atoms with Gasteiger partial charge >= 0.3 is 6.09 Å². The standard InChI is InChI=1S/C25H36N6O4/c1-20(32)30-11-9-28(10-12-30)13-14-34-25(33)31-18-23-16-29(17-24(19-31)35-23)8-2-7-27-22-5-3-21(15-26)4-6-22/h3-6,23-24,27H,2,7-14,16-19H2,1H3. The summed E-state index contributed by atoms with van der Waals surface area (Å²) in [6, 6.07) is 9.63. The maximum absolute atomic E-state index is 12.6. The number of fused-ring (bicyclic) bond motifs is 2. The van der Waals surface area contributed by atoms with E-state index in [-0.39, 0.29) is 24.2 Å². The van der Waals surface area contributed by atoms with E-state index < -0.39 is 0 Å². The van der Waals surface area contributed by atoms with Gasteiger partial charge in [-0.3, -0.25) is 14.6 Å². The molecule has 3 heterocycles. The topological polar surface area (TPSA) is 101 Å². The average Bonchev–Trinajstić information content (AvgIpc) is 2.86. The first-order valence-electron chi connectivity index (χ1n) is 12.5. The van der Waals surface area contributed by atoms with Gasteiger partial charge in [-0.25, -0.2) is 4.79 Å². The van der Waals surface area contributed by atoms with Crippen LogP contribution in [0.15, 0.2) is 24.3 Å². The second-order valence-corrected chi connectivity index (χ2v) is 9.48. The summed E-state index contributed by atoms with van der Waals surface area (Å²) in [5.74, 6) is 0.118. The van der Waals surface area contributed by atoms with Crippen LogP contribution in [0.3, 0.4) is 0 Å². The number of benzene rings is 1. The first kappa shape index (κ1) is 25.2. The lowest BCUT2D eigenvalue weighted by atomic mass is 10.1.